The molecule has 0 aliphatic carbocycles. The lowest BCUT2D eigenvalue weighted by atomic mass is 10.3. The normalized spacial score (nSPS) is 9.42. The van der Waals surface area contributed by atoms with Crippen LogP contribution in [0.4, 0.5) is 5.69 Å². The lowest BCUT2D eigenvalue weighted by molar-refractivity contribution is 0.0527. The average molecular weight is 167 g/mol. The second-order valence-electron chi connectivity index (χ2n) is 2.08. The molecule has 2 N–H and O–H groups in total. The highest BCUT2D eigenvalue weighted by Crippen LogP contribution is 2.07. The van der Waals surface area contributed by atoms with Crippen LogP contribution in [0.3, 0.4) is 0 Å². The smallest absolute Gasteiger partial charge is 0.341 e. The molecule has 5 nitrogen and oxygen atoms in total. The van der Waals surface area contributed by atoms with Gasteiger partial charge in [0.15, 0.2) is 0 Å². The molecule has 1 aromatic heterocycles. The van der Waals surface area contributed by atoms with E-state index in [-0.39, 0.29) is 11.3 Å². The van der Waals surface area contributed by atoms with E-state index in [9.17, 15) is 4.79 Å². The van der Waals surface area contributed by atoms with Gasteiger partial charge in [-0.15, -0.1) is 0 Å². The minimum absolute atomic E-state index is 0.256. The van der Waals surface area contributed by atoms with Crippen molar-refractivity contribution in [1.82, 2.24) is 10.2 Å². The Bertz CT molecular complexity index is 288. The molecule has 1 heterocycles. The molecule has 0 unspecified atom stereocenters. The molecule has 0 fully saturated rings. The summed E-state index contributed by atoms with van der Waals surface area (Å²) in [6.45, 7) is 2.04. The number of rotatable bonds is 2. The van der Waals surface area contributed by atoms with E-state index in [1.165, 1.54) is 12.4 Å². The molecule has 0 radical (unpaired) electrons. The van der Waals surface area contributed by atoms with E-state index in [4.69, 9.17) is 10.5 Å². The molecule has 0 saturated heterocycles. The third kappa shape index (κ3) is 1.69. The number of hydrogen-bond donors (Lipinski definition) is 1. The monoisotopic (exact) mass is 167 g/mol. The van der Waals surface area contributed by atoms with Crippen molar-refractivity contribution in [3.05, 3.63) is 18.0 Å². The van der Waals surface area contributed by atoms with E-state index in [1.54, 1.807) is 6.92 Å². The second-order valence-corrected chi connectivity index (χ2v) is 2.08. The number of nitrogens with zero attached hydrogens (tertiary/aromatic N) is 2. The molecular weight excluding hydrogens is 158 g/mol. The average Bonchev–Trinajstić information content (AvgIpc) is 2.05. The molecule has 12 heavy (non-hydrogen) atoms. The molecule has 0 atom stereocenters. The lowest BCUT2D eigenvalue weighted by Crippen LogP contribution is -2.08. The Morgan fingerprint density at radius 3 is 2.83 bits per heavy atom. The Hall–Kier alpha value is -1.65. The van der Waals surface area contributed by atoms with E-state index >= 15 is 0 Å². The van der Waals surface area contributed by atoms with E-state index < -0.39 is 5.97 Å². The largest absolute Gasteiger partial charge is 0.462 e. The number of aromatic nitrogens is 2. The molecule has 1 rings (SSSR count). The highest BCUT2D eigenvalue weighted by atomic mass is 16.5. The van der Waals surface area contributed by atoms with Crippen molar-refractivity contribution in [3.63, 3.8) is 0 Å². The molecule has 5 heteroatoms. The Balaban J connectivity index is 2.87. The maximum absolute atomic E-state index is 11.1. The van der Waals surface area contributed by atoms with Crippen LogP contribution in [0.1, 0.15) is 17.3 Å². The van der Waals surface area contributed by atoms with Crippen LogP contribution in [-0.2, 0) is 4.74 Å². The van der Waals surface area contributed by atoms with Crippen molar-refractivity contribution in [2.75, 3.05) is 12.3 Å². The van der Waals surface area contributed by atoms with Gasteiger partial charge in [-0.1, -0.05) is 0 Å². The molecule has 1 aromatic rings. The quantitative estimate of drug-likeness (QED) is 0.638. The predicted octanol–water partition coefficient (Wildman–Crippen LogP) is 0.235. The number of nitrogens with two attached hydrogens (primary N) is 1. The van der Waals surface area contributed by atoms with E-state index in [0.29, 0.717) is 6.61 Å². The fourth-order valence-electron chi connectivity index (χ4n) is 0.710. The van der Waals surface area contributed by atoms with Crippen LogP contribution >= 0.6 is 0 Å². The number of carbonyl (C=O) groups is 1. The zero-order chi connectivity index (χ0) is 8.97. The molecular formula is C7H9N3O2. The standard InChI is InChI=1S/C7H9N3O2/c1-2-12-7(11)5-3-9-10-4-6(5)8/h3-4H,2H2,1H3,(H2,8,9). The van der Waals surface area contributed by atoms with Gasteiger partial charge in [-0.05, 0) is 6.92 Å². The summed E-state index contributed by atoms with van der Waals surface area (Å²) in [6, 6.07) is 0. The van der Waals surface area contributed by atoms with Crippen molar-refractivity contribution in [3.8, 4) is 0 Å². The van der Waals surface area contributed by atoms with Crippen LogP contribution < -0.4 is 5.73 Å². The number of carbonyl (C=O) groups excluding carboxylic acids is 1. The Kier molecular flexibility index (Phi) is 2.57. The van der Waals surface area contributed by atoms with Crippen LogP contribution in [0.25, 0.3) is 0 Å². The van der Waals surface area contributed by atoms with Crippen LogP contribution in [-0.4, -0.2) is 22.8 Å². The second kappa shape index (κ2) is 3.66. The lowest BCUT2D eigenvalue weighted by Gasteiger charge is -2.02. The fourth-order valence-corrected chi connectivity index (χ4v) is 0.710. The zero-order valence-electron chi connectivity index (χ0n) is 6.65. The highest BCUT2D eigenvalue weighted by Gasteiger charge is 2.09. The highest BCUT2D eigenvalue weighted by molar-refractivity contribution is 5.94. The first kappa shape index (κ1) is 8.45. The summed E-state index contributed by atoms with van der Waals surface area (Å²) in [5.41, 5.74) is 5.99. The SMILES string of the molecule is CCOC(=O)c1cnncc1N. The third-order valence-corrected chi connectivity index (χ3v) is 1.26. The molecule has 0 aliphatic heterocycles. The van der Waals surface area contributed by atoms with Gasteiger partial charge in [0, 0.05) is 0 Å². The minimum atomic E-state index is -0.468. The summed E-state index contributed by atoms with van der Waals surface area (Å²) in [7, 11) is 0. The number of anilines is 1. The first-order valence-electron chi connectivity index (χ1n) is 3.49. The molecule has 0 amide bonds. The summed E-state index contributed by atoms with van der Waals surface area (Å²) < 4.78 is 4.72. The molecule has 0 saturated carbocycles. The number of nitrogen functional groups attached to an aromatic ring is 1. The Morgan fingerprint density at radius 1 is 1.58 bits per heavy atom. The zero-order valence-corrected chi connectivity index (χ0v) is 6.65. The summed E-state index contributed by atoms with van der Waals surface area (Å²) >= 11 is 0. The van der Waals surface area contributed by atoms with Gasteiger partial charge in [-0.25, -0.2) is 4.79 Å². The van der Waals surface area contributed by atoms with Gasteiger partial charge in [0.25, 0.3) is 0 Å². The summed E-state index contributed by atoms with van der Waals surface area (Å²) in [6.07, 6.45) is 2.60. The minimum Gasteiger partial charge on any atom is -0.462 e. The van der Waals surface area contributed by atoms with Gasteiger partial charge < -0.3 is 10.5 Å². The molecule has 64 valence electrons. The maximum atomic E-state index is 11.1. The summed E-state index contributed by atoms with van der Waals surface area (Å²) in [5.74, 6) is -0.468. The van der Waals surface area contributed by atoms with Crippen molar-refractivity contribution >= 4 is 11.7 Å². The Labute approximate surface area is 69.5 Å². The van der Waals surface area contributed by atoms with Crippen molar-refractivity contribution in [2.24, 2.45) is 0 Å². The molecule has 0 bridgehead atoms. The van der Waals surface area contributed by atoms with E-state index in [0.717, 1.165) is 0 Å². The van der Waals surface area contributed by atoms with Crippen LogP contribution in [0.2, 0.25) is 0 Å². The van der Waals surface area contributed by atoms with Crippen LogP contribution in [0, 0.1) is 0 Å². The first-order chi connectivity index (χ1) is 5.75. The van der Waals surface area contributed by atoms with Gasteiger partial charge >= 0.3 is 5.97 Å². The number of hydrogen-bond acceptors (Lipinski definition) is 5. The molecule has 0 aliphatic rings. The van der Waals surface area contributed by atoms with E-state index in [2.05, 4.69) is 10.2 Å². The van der Waals surface area contributed by atoms with Crippen molar-refractivity contribution in [1.29, 1.82) is 0 Å². The predicted molar refractivity (Wildman–Crippen MR) is 42.4 cm³/mol. The van der Waals surface area contributed by atoms with Gasteiger partial charge in [0.1, 0.15) is 5.56 Å². The van der Waals surface area contributed by atoms with Crippen molar-refractivity contribution < 1.29 is 9.53 Å². The maximum Gasteiger partial charge on any atom is 0.341 e. The van der Waals surface area contributed by atoms with Gasteiger partial charge in [-0.3, -0.25) is 0 Å². The molecule has 0 spiro atoms. The summed E-state index contributed by atoms with van der Waals surface area (Å²) in [4.78, 5) is 11.1. The topological polar surface area (TPSA) is 78.1 Å². The van der Waals surface area contributed by atoms with Crippen LogP contribution in [0.15, 0.2) is 12.4 Å². The molecule has 0 aromatic carbocycles. The van der Waals surface area contributed by atoms with Gasteiger partial charge in [0.05, 0.1) is 24.7 Å². The summed E-state index contributed by atoms with van der Waals surface area (Å²) in [5, 5.41) is 7.02. The first-order valence-corrected chi connectivity index (χ1v) is 3.49. The Morgan fingerprint density at radius 2 is 2.25 bits per heavy atom. The van der Waals surface area contributed by atoms with Gasteiger partial charge in [-0.2, -0.15) is 10.2 Å². The third-order valence-electron chi connectivity index (χ3n) is 1.26. The van der Waals surface area contributed by atoms with E-state index in [1.807, 2.05) is 0 Å². The van der Waals surface area contributed by atoms with Crippen molar-refractivity contribution in [2.45, 2.75) is 6.92 Å². The van der Waals surface area contributed by atoms with Gasteiger partial charge in [0.2, 0.25) is 0 Å². The van der Waals surface area contributed by atoms with Crippen LogP contribution in [0.5, 0.6) is 0 Å². The number of esters is 1. The fraction of sp³-hybridized carbons (Fsp3) is 0.286. The number of ether oxygens (including phenoxy) is 1.